The molecule has 1 fully saturated rings. The van der Waals surface area contributed by atoms with E-state index in [-0.39, 0.29) is 29.7 Å². The first-order chi connectivity index (χ1) is 11.3. The maximum absolute atomic E-state index is 12.4. The van der Waals surface area contributed by atoms with Crippen molar-refractivity contribution in [2.45, 2.75) is 39.2 Å². The highest BCUT2D eigenvalue weighted by Crippen LogP contribution is 2.34. The van der Waals surface area contributed by atoms with Crippen LogP contribution < -0.4 is 19.7 Å². The highest BCUT2D eigenvalue weighted by molar-refractivity contribution is 6.00. The smallest absolute Gasteiger partial charge is 0.227 e. The number of ether oxygens (including phenoxy) is 2. The van der Waals surface area contributed by atoms with Crippen LogP contribution >= 0.6 is 0 Å². The molecule has 6 nitrogen and oxygen atoms in total. The Hall–Kier alpha value is -2.24. The number of carbonyl (C=O) groups is 2. The fourth-order valence-electron chi connectivity index (χ4n) is 2.65. The van der Waals surface area contributed by atoms with Gasteiger partial charge in [-0.1, -0.05) is 6.92 Å². The molecule has 1 N–H and O–H groups in total. The summed E-state index contributed by atoms with van der Waals surface area (Å²) in [5.41, 5.74) is 0.444. The number of nitrogens with zero attached hydrogens (tertiary/aromatic N) is 1. The van der Waals surface area contributed by atoms with Crippen molar-refractivity contribution in [2.24, 2.45) is 5.92 Å². The van der Waals surface area contributed by atoms with Crippen molar-refractivity contribution in [3.05, 3.63) is 18.2 Å². The first-order valence-electron chi connectivity index (χ1n) is 8.15. The van der Waals surface area contributed by atoms with E-state index >= 15 is 0 Å². The van der Waals surface area contributed by atoms with E-state index in [1.165, 1.54) is 0 Å². The van der Waals surface area contributed by atoms with Gasteiger partial charge in [0.25, 0.3) is 0 Å². The van der Waals surface area contributed by atoms with Gasteiger partial charge in [0.2, 0.25) is 11.8 Å². The van der Waals surface area contributed by atoms with Crippen LogP contribution in [0.5, 0.6) is 11.5 Å². The van der Waals surface area contributed by atoms with Crippen LogP contribution in [0, 0.1) is 5.92 Å². The molecule has 0 saturated carbocycles. The maximum Gasteiger partial charge on any atom is 0.227 e. The average molecular weight is 334 g/mol. The largest absolute Gasteiger partial charge is 0.493 e. The predicted octanol–water partition coefficient (Wildman–Crippen LogP) is 2.36. The lowest BCUT2D eigenvalue weighted by atomic mass is 9.99. The highest BCUT2D eigenvalue weighted by atomic mass is 16.5. The predicted molar refractivity (Wildman–Crippen MR) is 92.5 cm³/mol. The zero-order valence-corrected chi connectivity index (χ0v) is 15.0. The molecule has 0 spiro atoms. The van der Waals surface area contributed by atoms with Crippen LogP contribution in [0.2, 0.25) is 0 Å². The van der Waals surface area contributed by atoms with E-state index in [1.54, 1.807) is 37.3 Å². The van der Waals surface area contributed by atoms with Crippen molar-refractivity contribution >= 4 is 17.5 Å². The zero-order chi connectivity index (χ0) is 17.9. The molecule has 1 heterocycles. The maximum atomic E-state index is 12.4. The Labute approximate surface area is 143 Å². The number of rotatable bonds is 6. The number of hydrogen-bond donors (Lipinski definition) is 1. The highest BCUT2D eigenvalue weighted by Gasteiger charge is 2.36. The molecule has 6 heteroatoms. The third-order valence-corrected chi connectivity index (χ3v) is 4.52. The molecule has 1 aromatic carbocycles. The summed E-state index contributed by atoms with van der Waals surface area (Å²) in [6.07, 6.45) is 1.05. The normalized spacial score (nSPS) is 17.8. The van der Waals surface area contributed by atoms with E-state index in [2.05, 4.69) is 5.32 Å². The quantitative estimate of drug-likeness (QED) is 0.867. The van der Waals surface area contributed by atoms with Crippen LogP contribution in [0.4, 0.5) is 5.69 Å². The summed E-state index contributed by atoms with van der Waals surface area (Å²) in [6, 6.07) is 5.32. The van der Waals surface area contributed by atoms with Gasteiger partial charge in [0.05, 0.1) is 20.1 Å². The third kappa shape index (κ3) is 3.80. The topological polar surface area (TPSA) is 67.9 Å². The lowest BCUT2D eigenvalue weighted by Crippen LogP contribution is -2.46. The second-order valence-corrected chi connectivity index (χ2v) is 6.67. The molecule has 0 bridgehead atoms. The Morgan fingerprint density at radius 3 is 2.54 bits per heavy atom. The summed E-state index contributed by atoms with van der Waals surface area (Å²) in [7, 11) is 3.12. The van der Waals surface area contributed by atoms with E-state index in [9.17, 15) is 9.59 Å². The van der Waals surface area contributed by atoms with Crippen molar-refractivity contribution in [1.82, 2.24) is 5.32 Å². The van der Waals surface area contributed by atoms with Gasteiger partial charge < -0.3 is 19.7 Å². The van der Waals surface area contributed by atoms with Crippen molar-refractivity contribution in [1.29, 1.82) is 0 Å². The second-order valence-electron chi connectivity index (χ2n) is 6.67. The van der Waals surface area contributed by atoms with Crippen LogP contribution in [0.25, 0.3) is 0 Å². The Kier molecular flexibility index (Phi) is 5.36. The summed E-state index contributed by atoms with van der Waals surface area (Å²) < 4.78 is 10.5. The van der Waals surface area contributed by atoms with Gasteiger partial charge in [-0.3, -0.25) is 9.59 Å². The monoisotopic (exact) mass is 334 g/mol. The summed E-state index contributed by atoms with van der Waals surface area (Å²) in [5.74, 6) is 0.695. The number of anilines is 1. The standard InChI is InChI=1S/C18H26N2O4/c1-6-18(2,3)19-17(22)12-9-16(21)20(11-12)13-7-8-14(23-4)15(10-13)24-5/h7-8,10,12H,6,9,11H2,1-5H3,(H,19,22)/t12-/m1/s1. The summed E-state index contributed by atoms with van der Waals surface area (Å²) in [5, 5.41) is 3.02. The number of benzene rings is 1. The Balaban J connectivity index is 2.14. The van der Waals surface area contributed by atoms with Crippen molar-refractivity contribution in [2.75, 3.05) is 25.7 Å². The minimum Gasteiger partial charge on any atom is -0.493 e. The molecule has 0 aliphatic carbocycles. The molecule has 2 rings (SSSR count). The van der Waals surface area contributed by atoms with E-state index in [0.717, 1.165) is 6.42 Å². The summed E-state index contributed by atoms with van der Waals surface area (Å²) in [4.78, 5) is 26.4. The van der Waals surface area contributed by atoms with Crippen LogP contribution in [0.15, 0.2) is 18.2 Å². The zero-order valence-electron chi connectivity index (χ0n) is 15.0. The molecule has 1 saturated heterocycles. The molecule has 132 valence electrons. The number of methoxy groups -OCH3 is 2. The molecule has 1 aromatic rings. The van der Waals surface area contributed by atoms with Gasteiger partial charge in [-0.25, -0.2) is 0 Å². The summed E-state index contributed by atoms with van der Waals surface area (Å²) in [6.45, 7) is 6.36. The van der Waals surface area contributed by atoms with E-state index < -0.39 is 0 Å². The number of carbonyl (C=O) groups excluding carboxylic acids is 2. The van der Waals surface area contributed by atoms with Crippen molar-refractivity contribution < 1.29 is 19.1 Å². The van der Waals surface area contributed by atoms with Crippen LogP contribution in [0.1, 0.15) is 33.6 Å². The molecule has 2 amide bonds. The fraction of sp³-hybridized carbons (Fsp3) is 0.556. The van der Waals surface area contributed by atoms with Gasteiger partial charge in [0.1, 0.15) is 0 Å². The van der Waals surface area contributed by atoms with Gasteiger partial charge in [-0.15, -0.1) is 0 Å². The SMILES string of the molecule is CCC(C)(C)NC(=O)[C@@H]1CC(=O)N(c2ccc(OC)c(OC)c2)C1. The van der Waals surface area contributed by atoms with Crippen LogP contribution in [-0.2, 0) is 9.59 Å². The fourth-order valence-corrected chi connectivity index (χ4v) is 2.65. The minimum absolute atomic E-state index is 0.0586. The number of amides is 2. The lowest BCUT2D eigenvalue weighted by molar-refractivity contribution is -0.127. The van der Waals surface area contributed by atoms with Gasteiger partial charge in [0, 0.05) is 30.3 Å². The molecule has 0 radical (unpaired) electrons. The van der Waals surface area contributed by atoms with Crippen LogP contribution in [0.3, 0.4) is 0 Å². The first-order valence-corrected chi connectivity index (χ1v) is 8.15. The van der Waals surface area contributed by atoms with Crippen molar-refractivity contribution in [3.8, 4) is 11.5 Å². The second kappa shape index (κ2) is 7.11. The Morgan fingerprint density at radius 2 is 1.96 bits per heavy atom. The number of hydrogen-bond acceptors (Lipinski definition) is 4. The minimum atomic E-state index is -0.337. The number of nitrogens with one attached hydrogen (secondary N) is 1. The average Bonchev–Trinajstić information content (AvgIpc) is 2.95. The molecule has 1 aliphatic heterocycles. The van der Waals surface area contributed by atoms with Gasteiger partial charge in [0.15, 0.2) is 11.5 Å². The Bertz CT molecular complexity index is 627. The van der Waals surface area contributed by atoms with Crippen molar-refractivity contribution in [3.63, 3.8) is 0 Å². The summed E-state index contributed by atoms with van der Waals surface area (Å²) >= 11 is 0. The van der Waals surface area contributed by atoms with E-state index in [1.807, 2.05) is 20.8 Å². The molecule has 1 aliphatic rings. The molecule has 0 aromatic heterocycles. The van der Waals surface area contributed by atoms with Gasteiger partial charge >= 0.3 is 0 Å². The van der Waals surface area contributed by atoms with Crippen LogP contribution in [-0.4, -0.2) is 38.1 Å². The first kappa shape index (κ1) is 18.1. The molecule has 0 unspecified atom stereocenters. The molecular weight excluding hydrogens is 308 g/mol. The lowest BCUT2D eigenvalue weighted by Gasteiger charge is -2.26. The van der Waals surface area contributed by atoms with Gasteiger partial charge in [-0.05, 0) is 32.4 Å². The molecule has 24 heavy (non-hydrogen) atoms. The molecule has 1 atom stereocenters. The van der Waals surface area contributed by atoms with Gasteiger partial charge in [-0.2, -0.15) is 0 Å². The Morgan fingerprint density at radius 1 is 1.29 bits per heavy atom. The van der Waals surface area contributed by atoms with E-state index in [4.69, 9.17) is 9.47 Å². The molecular formula is C18H26N2O4. The third-order valence-electron chi connectivity index (χ3n) is 4.52. The van der Waals surface area contributed by atoms with E-state index in [0.29, 0.717) is 23.7 Å².